The van der Waals surface area contributed by atoms with Gasteiger partial charge in [-0.05, 0) is 52.0 Å². The molecule has 2 N–H and O–H groups in total. The largest absolute Gasteiger partial charge is 0.488 e. The molecule has 4 aromatic carbocycles. The molecule has 0 aliphatic carbocycles. The van der Waals surface area contributed by atoms with Gasteiger partial charge in [0, 0.05) is 10.8 Å². The van der Waals surface area contributed by atoms with Gasteiger partial charge in [0.05, 0.1) is 0 Å². The van der Waals surface area contributed by atoms with E-state index in [4.69, 9.17) is 4.42 Å². The number of benzene rings is 4. The summed E-state index contributed by atoms with van der Waals surface area (Å²) in [5.74, 6) is 0. The highest BCUT2D eigenvalue weighted by Crippen LogP contribution is 2.33. The molecule has 0 aliphatic heterocycles. The van der Waals surface area contributed by atoms with Gasteiger partial charge < -0.3 is 14.5 Å². The molecule has 28 heavy (non-hydrogen) atoms. The first-order valence-corrected chi connectivity index (χ1v) is 9.17. The van der Waals surface area contributed by atoms with E-state index < -0.39 is 7.12 Å². The first kappa shape index (κ1) is 16.8. The van der Waals surface area contributed by atoms with E-state index >= 15 is 0 Å². The summed E-state index contributed by atoms with van der Waals surface area (Å²) in [6.45, 7) is 0. The van der Waals surface area contributed by atoms with Gasteiger partial charge in [-0.2, -0.15) is 0 Å². The van der Waals surface area contributed by atoms with Crippen molar-refractivity contribution < 1.29 is 14.5 Å². The number of hydrogen-bond donors (Lipinski definition) is 2. The van der Waals surface area contributed by atoms with Gasteiger partial charge in [0.15, 0.2) is 0 Å². The predicted molar refractivity (Wildman–Crippen MR) is 114 cm³/mol. The summed E-state index contributed by atoms with van der Waals surface area (Å²) in [7, 11) is -1.50. The topological polar surface area (TPSA) is 53.6 Å². The van der Waals surface area contributed by atoms with Crippen LogP contribution in [0.4, 0.5) is 0 Å². The molecule has 0 saturated carbocycles. The molecule has 5 rings (SSSR count). The molecule has 0 amide bonds. The van der Waals surface area contributed by atoms with Gasteiger partial charge in [-0.25, -0.2) is 0 Å². The lowest BCUT2D eigenvalue weighted by molar-refractivity contribution is 0.426. The van der Waals surface area contributed by atoms with Gasteiger partial charge in [-0.1, -0.05) is 66.7 Å². The Balaban J connectivity index is 1.65. The van der Waals surface area contributed by atoms with E-state index in [0.29, 0.717) is 5.46 Å². The number of rotatable bonds is 3. The van der Waals surface area contributed by atoms with Crippen LogP contribution in [0.5, 0.6) is 0 Å². The van der Waals surface area contributed by atoms with E-state index in [1.54, 1.807) is 18.2 Å². The van der Waals surface area contributed by atoms with E-state index in [9.17, 15) is 10.0 Å². The molecular weight excluding hydrogens is 347 g/mol. The Morgan fingerprint density at radius 2 is 1.14 bits per heavy atom. The maximum absolute atomic E-state index is 9.49. The van der Waals surface area contributed by atoms with Crippen LogP contribution in [-0.2, 0) is 0 Å². The molecule has 0 spiro atoms. The third-order valence-electron chi connectivity index (χ3n) is 5.09. The monoisotopic (exact) mass is 364 g/mol. The van der Waals surface area contributed by atoms with Crippen molar-refractivity contribution in [1.82, 2.24) is 0 Å². The van der Waals surface area contributed by atoms with Crippen molar-refractivity contribution in [2.24, 2.45) is 0 Å². The van der Waals surface area contributed by atoms with Crippen LogP contribution in [0.25, 0.3) is 44.2 Å². The average molecular weight is 364 g/mol. The van der Waals surface area contributed by atoms with Gasteiger partial charge in [-0.15, -0.1) is 0 Å². The predicted octanol–water partition coefficient (Wildman–Crippen LogP) is 4.60. The van der Waals surface area contributed by atoms with Gasteiger partial charge in [-0.3, -0.25) is 0 Å². The van der Waals surface area contributed by atoms with Gasteiger partial charge in [0.25, 0.3) is 0 Å². The summed E-state index contributed by atoms with van der Waals surface area (Å²) in [5.41, 5.74) is 6.52. The quantitative estimate of drug-likeness (QED) is 0.460. The lowest BCUT2D eigenvalue weighted by Gasteiger charge is -2.06. The highest BCUT2D eigenvalue weighted by atomic mass is 16.4. The third-order valence-corrected chi connectivity index (χ3v) is 5.09. The zero-order valence-electron chi connectivity index (χ0n) is 15.0. The molecule has 0 bridgehead atoms. The average Bonchev–Trinajstić information content (AvgIpc) is 3.11. The second-order valence-corrected chi connectivity index (χ2v) is 6.89. The maximum Gasteiger partial charge on any atom is 0.488 e. The molecule has 4 heteroatoms. The second kappa shape index (κ2) is 6.68. The molecule has 0 unspecified atom stereocenters. The Labute approximate surface area is 162 Å². The molecule has 5 aromatic rings. The maximum atomic E-state index is 9.49. The second-order valence-electron chi connectivity index (χ2n) is 6.89. The minimum Gasteiger partial charge on any atom is -0.456 e. The molecule has 0 atom stereocenters. The van der Waals surface area contributed by atoms with Crippen molar-refractivity contribution >= 4 is 34.5 Å². The first-order chi connectivity index (χ1) is 13.7. The Kier molecular flexibility index (Phi) is 4.01. The van der Waals surface area contributed by atoms with Crippen LogP contribution in [0.2, 0.25) is 0 Å². The van der Waals surface area contributed by atoms with E-state index in [2.05, 4.69) is 48.5 Å². The lowest BCUT2D eigenvalue weighted by Crippen LogP contribution is -2.29. The number of fused-ring (bicyclic) bond motifs is 3. The standard InChI is InChI=1S/C24H17BO3/c26-25(27)20-10-12-24-22(15-20)21-14-19(9-11-23(21)28-24)18-8-4-7-17(13-18)16-5-2-1-3-6-16/h1-15,26-27H. The minimum atomic E-state index is -1.50. The Morgan fingerprint density at radius 1 is 0.536 bits per heavy atom. The molecule has 1 aromatic heterocycles. The Hall–Kier alpha value is -3.34. The summed E-state index contributed by atoms with van der Waals surface area (Å²) in [5, 5.41) is 20.8. The number of hydrogen-bond acceptors (Lipinski definition) is 3. The molecule has 0 saturated heterocycles. The summed E-state index contributed by atoms with van der Waals surface area (Å²) in [4.78, 5) is 0. The van der Waals surface area contributed by atoms with Crippen molar-refractivity contribution in [3.05, 3.63) is 91.0 Å². The van der Waals surface area contributed by atoms with Crippen molar-refractivity contribution in [2.75, 3.05) is 0 Å². The molecule has 134 valence electrons. The summed E-state index contributed by atoms with van der Waals surface area (Å²) < 4.78 is 5.91. The van der Waals surface area contributed by atoms with E-state index in [-0.39, 0.29) is 0 Å². The Bertz CT molecular complexity index is 1290. The van der Waals surface area contributed by atoms with E-state index in [1.807, 2.05) is 24.3 Å². The van der Waals surface area contributed by atoms with Crippen molar-refractivity contribution in [3.8, 4) is 22.3 Å². The lowest BCUT2D eigenvalue weighted by atomic mass is 9.80. The van der Waals surface area contributed by atoms with Crippen molar-refractivity contribution in [1.29, 1.82) is 0 Å². The van der Waals surface area contributed by atoms with Crippen LogP contribution < -0.4 is 5.46 Å². The fourth-order valence-corrected chi connectivity index (χ4v) is 3.64. The fraction of sp³-hybridized carbons (Fsp3) is 0. The Morgan fingerprint density at radius 3 is 1.89 bits per heavy atom. The molecule has 0 aliphatic rings. The highest BCUT2D eigenvalue weighted by Gasteiger charge is 2.15. The van der Waals surface area contributed by atoms with Crippen LogP contribution in [0, 0.1) is 0 Å². The third kappa shape index (κ3) is 2.89. The molecule has 0 fully saturated rings. The summed E-state index contributed by atoms with van der Waals surface area (Å²) >= 11 is 0. The molecule has 0 radical (unpaired) electrons. The van der Waals surface area contributed by atoms with E-state index in [0.717, 1.165) is 33.1 Å². The van der Waals surface area contributed by atoms with Crippen LogP contribution in [-0.4, -0.2) is 17.2 Å². The van der Waals surface area contributed by atoms with Crippen molar-refractivity contribution in [2.45, 2.75) is 0 Å². The van der Waals surface area contributed by atoms with Crippen LogP contribution >= 0.6 is 0 Å². The zero-order chi connectivity index (χ0) is 19.1. The fourth-order valence-electron chi connectivity index (χ4n) is 3.64. The molecule has 1 heterocycles. The molecule has 3 nitrogen and oxygen atoms in total. The summed E-state index contributed by atoms with van der Waals surface area (Å²) in [6.07, 6.45) is 0. The van der Waals surface area contributed by atoms with Crippen LogP contribution in [0.1, 0.15) is 0 Å². The van der Waals surface area contributed by atoms with Gasteiger partial charge in [0.2, 0.25) is 0 Å². The van der Waals surface area contributed by atoms with Gasteiger partial charge in [0.1, 0.15) is 11.2 Å². The summed E-state index contributed by atoms with van der Waals surface area (Å²) in [6, 6.07) is 30.1. The minimum absolute atomic E-state index is 0.451. The highest BCUT2D eigenvalue weighted by molar-refractivity contribution is 6.59. The SMILES string of the molecule is OB(O)c1ccc2oc3ccc(-c4cccc(-c5ccccc5)c4)cc3c2c1. The number of furan rings is 1. The van der Waals surface area contributed by atoms with Gasteiger partial charge >= 0.3 is 7.12 Å². The molecular formula is C24H17BO3. The van der Waals surface area contributed by atoms with Crippen LogP contribution in [0.15, 0.2) is 95.4 Å². The first-order valence-electron chi connectivity index (χ1n) is 9.17. The zero-order valence-corrected chi connectivity index (χ0v) is 15.0. The van der Waals surface area contributed by atoms with E-state index in [1.165, 1.54) is 11.1 Å². The smallest absolute Gasteiger partial charge is 0.456 e. The van der Waals surface area contributed by atoms with Crippen molar-refractivity contribution in [3.63, 3.8) is 0 Å². The van der Waals surface area contributed by atoms with Crippen LogP contribution in [0.3, 0.4) is 0 Å². The normalized spacial score (nSPS) is 11.2.